The number of nitrogens with zero attached hydrogens (tertiary/aromatic N) is 1. The van der Waals surface area contributed by atoms with E-state index in [1.807, 2.05) is 30.3 Å². The SMILES string of the molecule is Oc1ccc(N(CCCl)CCCl)c2ccccc12. The van der Waals surface area contributed by atoms with Crippen LogP contribution in [0.15, 0.2) is 36.4 Å². The first-order chi connectivity index (χ1) is 8.77. The molecule has 0 aliphatic carbocycles. The molecule has 2 nitrogen and oxygen atoms in total. The first kappa shape index (κ1) is 13.3. The highest BCUT2D eigenvalue weighted by Gasteiger charge is 2.11. The van der Waals surface area contributed by atoms with Crippen molar-refractivity contribution in [2.45, 2.75) is 0 Å². The molecule has 0 saturated carbocycles. The van der Waals surface area contributed by atoms with Crippen molar-refractivity contribution in [3.8, 4) is 5.75 Å². The Kier molecular flexibility index (Phi) is 4.56. The maximum Gasteiger partial charge on any atom is 0.123 e. The third kappa shape index (κ3) is 2.65. The molecule has 1 N–H and O–H groups in total. The predicted molar refractivity (Wildman–Crippen MR) is 79.3 cm³/mol. The van der Waals surface area contributed by atoms with E-state index in [0.29, 0.717) is 17.5 Å². The van der Waals surface area contributed by atoms with Crippen LogP contribution in [0.2, 0.25) is 0 Å². The molecule has 4 heteroatoms. The van der Waals surface area contributed by atoms with E-state index in [-0.39, 0.29) is 0 Å². The average molecular weight is 284 g/mol. The van der Waals surface area contributed by atoms with E-state index in [2.05, 4.69) is 4.90 Å². The van der Waals surface area contributed by atoms with Gasteiger partial charge in [-0.3, -0.25) is 0 Å². The van der Waals surface area contributed by atoms with Crippen LogP contribution in [-0.2, 0) is 0 Å². The number of aromatic hydroxyl groups is 1. The van der Waals surface area contributed by atoms with E-state index in [0.717, 1.165) is 29.5 Å². The Bertz CT molecular complexity index is 524. The minimum atomic E-state index is 0.297. The molecular weight excluding hydrogens is 269 g/mol. The lowest BCUT2D eigenvalue weighted by Crippen LogP contribution is -2.27. The number of anilines is 1. The number of halogens is 2. The van der Waals surface area contributed by atoms with Crippen LogP contribution in [0.25, 0.3) is 10.8 Å². The summed E-state index contributed by atoms with van der Waals surface area (Å²) in [5, 5.41) is 11.7. The molecule has 0 radical (unpaired) electrons. The summed E-state index contributed by atoms with van der Waals surface area (Å²) in [6.45, 7) is 1.48. The van der Waals surface area contributed by atoms with Crippen LogP contribution in [0.5, 0.6) is 5.75 Å². The van der Waals surface area contributed by atoms with E-state index in [9.17, 15) is 5.11 Å². The van der Waals surface area contributed by atoms with Crippen molar-refractivity contribution in [1.82, 2.24) is 0 Å². The second-order valence-corrected chi connectivity index (χ2v) is 4.77. The van der Waals surface area contributed by atoms with E-state index < -0.39 is 0 Å². The van der Waals surface area contributed by atoms with Gasteiger partial charge in [-0.2, -0.15) is 0 Å². The predicted octanol–water partition coefficient (Wildman–Crippen LogP) is 3.83. The van der Waals surface area contributed by atoms with Gasteiger partial charge in [0.1, 0.15) is 5.75 Å². The molecule has 0 bridgehead atoms. The Labute approximate surface area is 117 Å². The van der Waals surface area contributed by atoms with Crippen LogP contribution in [0.4, 0.5) is 5.69 Å². The Hall–Kier alpha value is -1.12. The van der Waals surface area contributed by atoms with Gasteiger partial charge in [0.2, 0.25) is 0 Å². The second-order valence-electron chi connectivity index (χ2n) is 4.01. The van der Waals surface area contributed by atoms with Crippen molar-refractivity contribution in [3.63, 3.8) is 0 Å². The Morgan fingerprint density at radius 1 is 0.889 bits per heavy atom. The molecule has 0 aliphatic rings. The standard InChI is InChI=1S/C14H15Cl2NO/c15-7-9-17(10-8-16)13-5-6-14(18)12-4-2-1-3-11(12)13/h1-6,18H,7-10H2. The van der Waals surface area contributed by atoms with Gasteiger partial charge in [0.25, 0.3) is 0 Å². The minimum Gasteiger partial charge on any atom is -0.507 e. The van der Waals surface area contributed by atoms with E-state index in [1.165, 1.54) is 0 Å². The van der Waals surface area contributed by atoms with Gasteiger partial charge in [-0.05, 0) is 12.1 Å². The van der Waals surface area contributed by atoms with Crippen molar-refractivity contribution in [2.75, 3.05) is 29.7 Å². The molecule has 2 aromatic carbocycles. The van der Waals surface area contributed by atoms with Gasteiger partial charge in [0.05, 0.1) is 0 Å². The normalized spacial score (nSPS) is 10.8. The molecule has 0 atom stereocenters. The minimum absolute atomic E-state index is 0.297. The number of rotatable bonds is 5. The number of hydrogen-bond acceptors (Lipinski definition) is 2. The fraction of sp³-hybridized carbons (Fsp3) is 0.286. The molecule has 0 aromatic heterocycles. The molecule has 0 unspecified atom stereocenters. The van der Waals surface area contributed by atoms with E-state index in [4.69, 9.17) is 23.2 Å². The lowest BCUT2D eigenvalue weighted by Gasteiger charge is -2.24. The molecule has 18 heavy (non-hydrogen) atoms. The van der Waals surface area contributed by atoms with Crippen molar-refractivity contribution < 1.29 is 5.11 Å². The first-order valence-corrected chi connectivity index (χ1v) is 6.92. The van der Waals surface area contributed by atoms with Crippen LogP contribution in [0.3, 0.4) is 0 Å². The molecule has 0 aliphatic heterocycles. The lowest BCUT2D eigenvalue weighted by atomic mass is 10.1. The van der Waals surface area contributed by atoms with Crippen LogP contribution in [0.1, 0.15) is 0 Å². The Balaban J connectivity index is 2.52. The van der Waals surface area contributed by atoms with Crippen molar-refractivity contribution in [1.29, 1.82) is 0 Å². The molecule has 0 amide bonds. The molecule has 2 rings (SSSR count). The summed E-state index contributed by atoms with van der Waals surface area (Å²) in [5.41, 5.74) is 1.06. The number of hydrogen-bond donors (Lipinski definition) is 1. The van der Waals surface area contributed by atoms with Gasteiger partial charge in [-0.15, -0.1) is 23.2 Å². The fourth-order valence-electron chi connectivity index (χ4n) is 2.10. The number of benzene rings is 2. The number of phenols is 1. The highest BCUT2D eigenvalue weighted by Crippen LogP contribution is 2.32. The molecule has 96 valence electrons. The summed E-state index contributed by atoms with van der Waals surface area (Å²) in [7, 11) is 0. The fourth-order valence-corrected chi connectivity index (χ4v) is 2.51. The largest absolute Gasteiger partial charge is 0.507 e. The zero-order valence-corrected chi connectivity index (χ0v) is 11.5. The molecule has 2 aromatic rings. The van der Waals surface area contributed by atoms with Crippen LogP contribution >= 0.6 is 23.2 Å². The maximum atomic E-state index is 9.87. The van der Waals surface area contributed by atoms with Gasteiger partial charge >= 0.3 is 0 Å². The number of fused-ring (bicyclic) bond motifs is 1. The second kappa shape index (κ2) is 6.17. The summed E-state index contributed by atoms with van der Waals surface area (Å²) < 4.78 is 0. The smallest absolute Gasteiger partial charge is 0.123 e. The summed E-state index contributed by atoms with van der Waals surface area (Å²) in [5.74, 6) is 1.39. The monoisotopic (exact) mass is 283 g/mol. The van der Waals surface area contributed by atoms with Gasteiger partial charge in [-0.25, -0.2) is 0 Å². The quantitative estimate of drug-likeness (QED) is 0.843. The van der Waals surface area contributed by atoms with E-state index in [1.54, 1.807) is 6.07 Å². The highest BCUT2D eigenvalue weighted by atomic mass is 35.5. The average Bonchev–Trinajstić information content (AvgIpc) is 2.39. The van der Waals surface area contributed by atoms with Gasteiger partial charge in [-0.1, -0.05) is 24.3 Å². The zero-order chi connectivity index (χ0) is 13.0. The van der Waals surface area contributed by atoms with Crippen LogP contribution in [0, 0.1) is 0 Å². The summed E-state index contributed by atoms with van der Waals surface area (Å²) in [4.78, 5) is 2.14. The van der Waals surface area contributed by atoms with Gasteiger partial charge < -0.3 is 10.0 Å². The maximum absolute atomic E-state index is 9.87. The van der Waals surface area contributed by atoms with Gasteiger partial charge in [0, 0.05) is 41.3 Å². The molecular formula is C14H15Cl2NO. The molecule has 0 spiro atoms. The van der Waals surface area contributed by atoms with Crippen molar-refractivity contribution >= 4 is 39.7 Å². The first-order valence-electron chi connectivity index (χ1n) is 5.85. The van der Waals surface area contributed by atoms with Crippen LogP contribution in [-0.4, -0.2) is 30.0 Å². The summed E-state index contributed by atoms with van der Waals surface area (Å²) in [6, 6.07) is 11.4. The molecule has 0 heterocycles. The highest BCUT2D eigenvalue weighted by molar-refractivity contribution is 6.18. The third-order valence-corrected chi connectivity index (χ3v) is 3.27. The van der Waals surface area contributed by atoms with Crippen molar-refractivity contribution in [2.24, 2.45) is 0 Å². The Morgan fingerprint density at radius 3 is 2.11 bits per heavy atom. The third-order valence-electron chi connectivity index (χ3n) is 2.93. The topological polar surface area (TPSA) is 23.5 Å². The zero-order valence-electron chi connectivity index (χ0n) is 9.94. The van der Waals surface area contributed by atoms with Crippen molar-refractivity contribution in [3.05, 3.63) is 36.4 Å². The summed E-state index contributed by atoms with van der Waals surface area (Å²) in [6.07, 6.45) is 0. The molecule has 0 fully saturated rings. The van der Waals surface area contributed by atoms with Gasteiger partial charge in [0.15, 0.2) is 0 Å². The lowest BCUT2D eigenvalue weighted by molar-refractivity contribution is 0.481. The van der Waals surface area contributed by atoms with Crippen LogP contribution < -0.4 is 4.90 Å². The van der Waals surface area contributed by atoms with E-state index >= 15 is 0 Å². The molecule has 0 saturated heterocycles. The number of alkyl halides is 2. The Morgan fingerprint density at radius 2 is 1.50 bits per heavy atom. The summed E-state index contributed by atoms with van der Waals surface area (Å²) >= 11 is 11.7. The number of phenolic OH excluding ortho intramolecular Hbond substituents is 1.